The van der Waals surface area contributed by atoms with Gasteiger partial charge in [-0.3, -0.25) is 14.8 Å². The van der Waals surface area contributed by atoms with Crippen molar-refractivity contribution in [2.75, 3.05) is 31.1 Å². The number of aromatic nitrogens is 5. The summed E-state index contributed by atoms with van der Waals surface area (Å²) >= 11 is 6.08. The number of hydrogen-bond acceptors (Lipinski definition) is 6. The van der Waals surface area contributed by atoms with E-state index in [1.54, 1.807) is 0 Å². The lowest BCUT2D eigenvalue weighted by Gasteiger charge is -2.23. The second kappa shape index (κ2) is 7.64. The third kappa shape index (κ3) is 4.20. The summed E-state index contributed by atoms with van der Waals surface area (Å²) in [6, 6.07) is 2.37. The number of nitrogens with one attached hydrogen (secondary N) is 1. The number of H-pyrrole nitrogens is 1. The van der Waals surface area contributed by atoms with Crippen molar-refractivity contribution in [1.82, 2.24) is 29.5 Å². The third-order valence-corrected chi connectivity index (χ3v) is 5.02. The van der Waals surface area contributed by atoms with Crippen LogP contribution in [0.5, 0.6) is 0 Å². The van der Waals surface area contributed by atoms with E-state index in [2.05, 4.69) is 25.0 Å². The summed E-state index contributed by atoms with van der Waals surface area (Å²) in [6.45, 7) is 3.00. The van der Waals surface area contributed by atoms with Gasteiger partial charge in [0.05, 0.1) is 16.3 Å². The monoisotopic (exact) mass is 427 g/mol. The molecule has 3 aromatic heterocycles. The second-order valence-corrected chi connectivity index (χ2v) is 7.16. The van der Waals surface area contributed by atoms with Crippen molar-refractivity contribution in [2.24, 2.45) is 0 Å². The van der Waals surface area contributed by atoms with E-state index in [0.717, 1.165) is 25.2 Å². The molecule has 0 amide bonds. The largest absolute Gasteiger partial charge is 0.417 e. The number of fused-ring (bicyclic) bond motifs is 1. The van der Waals surface area contributed by atoms with Crippen molar-refractivity contribution in [3.63, 3.8) is 0 Å². The van der Waals surface area contributed by atoms with Gasteiger partial charge in [-0.15, -0.1) is 0 Å². The van der Waals surface area contributed by atoms with Crippen LogP contribution in [0.3, 0.4) is 0 Å². The first-order valence-corrected chi connectivity index (χ1v) is 9.31. The summed E-state index contributed by atoms with van der Waals surface area (Å²) in [4.78, 5) is 28.4. The van der Waals surface area contributed by atoms with Gasteiger partial charge in [0.15, 0.2) is 0 Å². The van der Waals surface area contributed by atoms with Gasteiger partial charge in [-0.2, -0.15) is 17.7 Å². The fraction of sp³-hybridized carbons (Fsp3) is 0.412. The van der Waals surface area contributed by atoms with Crippen LogP contribution in [-0.2, 0) is 12.7 Å². The van der Waals surface area contributed by atoms with Gasteiger partial charge < -0.3 is 4.90 Å². The quantitative estimate of drug-likeness (QED) is 0.690. The lowest BCUT2D eigenvalue weighted by molar-refractivity contribution is -0.137. The van der Waals surface area contributed by atoms with Gasteiger partial charge in [0, 0.05) is 45.0 Å². The Hall–Kier alpha value is -2.66. The minimum absolute atomic E-state index is 0.0213. The van der Waals surface area contributed by atoms with Crippen molar-refractivity contribution >= 4 is 23.2 Å². The molecule has 1 saturated heterocycles. The molecule has 1 aliphatic heterocycles. The Morgan fingerprint density at radius 1 is 1.14 bits per heavy atom. The average molecular weight is 428 g/mol. The van der Waals surface area contributed by atoms with Gasteiger partial charge in [-0.05, 0) is 12.5 Å². The second-order valence-electron chi connectivity index (χ2n) is 6.75. The maximum absolute atomic E-state index is 12.8. The zero-order valence-electron chi connectivity index (χ0n) is 15.2. The van der Waals surface area contributed by atoms with Crippen LogP contribution >= 0.6 is 11.6 Å². The van der Waals surface area contributed by atoms with Crippen LogP contribution in [0, 0.1) is 0 Å². The Kier molecular flexibility index (Phi) is 5.17. The van der Waals surface area contributed by atoms with Gasteiger partial charge in [0.1, 0.15) is 12.1 Å². The van der Waals surface area contributed by atoms with Crippen LogP contribution in [0.25, 0.3) is 5.78 Å². The van der Waals surface area contributed by atoms with Crippen LogP contribution < -0.4 is 10.5 Å². The number of hydrogen-bond donors (Lipinski definition) is 1. The first-order chi connectivity index (χ1) is 13.8. The molecule has 0 bridgehead atoms. The highest BCUT2D eigenvalue weighted by Crippen LogP contribution is 2.33. The summed E-state index contributed by atoms with van der Waals surface area (Å²) in [5.74, 6) is 0.653. The summed E-state index contributed by atoms with van der Waals surface area (Å²) in [5, 5.41) is 2.67. The Balaban J connectivity index is 1.46. The molecule has 154 valence electrons. The van der Waals surface area contributed by atoms with E-state index in [-0.39, 0.29) is 10.6 Å². The number of nitrogens with zero attached hydrogens (tertiary/aromatic N) is 6. The molecule has 3 aromatic rings. The summed E-state index contributed by atoms with van der Waals surface area (Å²) < 4.78 is 39.7. The number of alkyl halides is 3. The van der Waals surface area contributed by atoms with Crippen LogP contribution in [0.1, 0.15) is 17.7 Å². The molecular formula is C17H17ClF3N7O. The van der Waals surface area contributed by atoms with Gasteiger partial charge in [-0.1, -0.05) is 11.6 Å². The van der Waals surface area contributed by atoms with E-state index < -0.39 is 11.7 Å². The van der Waals surface area contributed by atoms with Gasteiger partial charge in [0.25, 0.3) is 11.3 Å². The molecule has 4 rings (SSSR count). The molecule has 0 saturated carbocycles. The van der Waals surface area contributed by atoms with Crippen molar-refractivity contribution < 1.29 is 13.2 Å². The summed E-state index contributed by atoms with van der Waals surface area (Å²) in [5.41, 5.74) is -0.491. The number of pyridine rings is 1. The van der Waals surface area contributed by atoms with Crippen LogP contribution in [0.15, 0.2) is 29.5 Å². The highest BCUT2D eigenvalue weighted by atomic mass is 35.5. The predicted molar refractivity (Wildman–Crippen MR) is 100.0 cm³/mol. The Morgan fingerprint density at radius 3 is 2.72 bits per heavy atom. The fourth-order valence-electron chi connectivity index (χ4n) is 3.34. The molecular weight excluding hydrogens is 411 g/mol. The fourth-order valence-corrected chi connectivity index (χ4v) is 3.62. The lowest BCUT2D eigenvalue weighted by Crippen LogP contribution is -2.31. The molecule has 1 N–H and O–H groups in total. The number of anilines is 1. The molecule has 0 unspecified atom stereocenters. The minimum atomic E-state index is -4.48. The maximum Gasteiger partial charge on any atom is 0.417 e. The molecule has 12 heteroatoms. The van der Waals surface area contributed by atoms with Gasteiger partial charge in [0.2, 0.25) is 0 Å². The minimum Gasteiger partial charge on any atom is -0.354 e. The van der Waals surface area contributed by atoms with Crippen LogP contribution in [0.4, 0.5) is 19.0 Å². The van der Waals surface area contributed by atoms with Crippen molar-refractivity contribution in [3.05, 3.63) is 51.3 Å². The van der Waals surface area contributed by atoms with E-state index in [9.17, 15) is 18.0 Å². The van der Waals surface area contributed by atoms with Crippen molar-refractivity contribution in [3.8, 4) is 0 Å². The Morgan fingerprint density at radius 2 is 1.97 bits per heavy atom. The molecule has 0 aliphatic carbocycles. The van der Waals surface area contributed by atoms with Crippen LogP contribution in [-0.4, -0.2) is 55.6 Å². The lowest BCUT2D eigenvalue weighted by atomic mass is 10.2. The highest BCUT2D eigenvalue weighted by molar-refractivity contribution is 6.33. The van der Waals surface area contributed by atoms with Gasteiger partial charge in [-0.25, -0.2) is 15.0 Å². The standard InChI is InChI=1S/C17H17ClF3N7O/c18-13-6-11(17(19,20)21)8-22-15(13)27-3-1-2-26(4-5-27)9-12-7-14(29)28-16(25-12)23-10-24-28/h6-8,10H,1-5,9H2,(H,23,24,25). The van der Waals surface area contributed by atoms with E-state index in [1.165, 1.54) is 16.9 Å². The zero-order valence-corrected chi connectivity index (χ0v) is 15.9. The van der Waals surface area contributed by atoms with E-state index in [4.69, 9.17) is 11.6 Å². The van der Waals surface area contributed by atoms with Crippen molar-refractivity contribution in [1.29, 1.82) is 0 Å². The molecule has 0 spiro atoms. The molecule has 0 atom stereocenters. The maximum atomic E-state index is 12.8. The summed E-state index contributed by atoms with van der Waals surface area (Å²) in [7, 11) is 0. The Labute approximate surface area is 167 Å². The first-order valence-electron chi connectivity index (χ1n) is 8.93. The molecule has 0 radical (unpaired) electrons. The topological polar surface area (TPSA) is 82.4 Å². The smallest absolute Gasteiger partial charge is 0.354 e. The number of halogens is 4. The normalized spacial score (nSPS) is 16.3. The number of aromatic amines is 1. The van der Waals surface area contributed by atoms with Crippen molar-refractivity contribution in [2.45, 2.75) is 19.1 Å². The molecule has 0 aromatic carbocycles. The third-order valence-electron chi connectivity index (χ3n) is 4.74. The zero-order chi connectivity index (χ0) is 20.6. The molecule has 1 fully saturated rings. The van der Waals surface area contributed by atoms with E-state index >= 15 is 0 Å². The molecule has 1 aliphatic rings. The van der Waals surface area contributed by atoms with Crippen LogP contribution in [0.2, 0.25) is 5.02 Å². The molecule has 29 heavy (non-hydrogen) atoms. The Bertz CT molecular complexity index is 1080. The summed E-state index contributed by atoms with van der Waals surface area (Å²) in [6.07, 6.45) is -1.51. The predicted octanol–water partition coefficient (Wildman–Crippen LogP) is 2.20. The van der Waals surface area contributed by atoms with Gasteiger partial charge >= 0.3 is 6.18 Å². The number of rotatable bonds is 3. The molecule has 8 nitrogen and oxygen atoms in total. The van der Waals surface area contributed by atoms with E-state index in [0.29, 0.717) is 43.5 Å². The highest BCUT2D eigenvalue weighted by Gasteiger charge is 2.32. The SMILES string of the molecule is O=c1cc(CN2CCCN(c3ncc(C(F)(F)F)cc3Cl)CC2)nc2nc[nH]n12. The van der Waals surface area contributed by atoms with E-state index in [1.807, 2.05) is 4.90 Å². The first kappa shape index (κ1) is 19.6. The molecule has 4 heterocycles. The average Bonchev–Trinajstić information content (AvgIpc) is 3.01.